The van der Waals surface area contributed by atoms with Gasteiger partial charge in [-0.05, 0) is 12.5 Å². The van der Waals surface area contributed by atoms with Crippen LogP contribution in [0.3, 0.4) is 0 Å². The van der Waals surface area contributed by atoms with Gasteiger partial charge in [0.25, 0.3) is 5.91 Å². The molecule has 1 fully saturated rings. The number of allylic oxidation sites excluding steroid dienone is 2. The van der Waals surface area contributed by atoms with E-state index in [-0.39, 0.29) is 5.82 Å². The summed E-state index contributed by atoms with van der Waals surface area (Å²) < 4.78 is 7.08. The van der Waals surface area contributed by atoms with Crippen LogP contribution in [-0.4, -0.2) is 40.2 Å². The van der Waals surface area contributed by atoms with Gasteiger partial charge in [0, 0.05) is 37.0 Å². The molecule has 2 aliphatic heterocycles. The number of ether oxygens (including phenoxy) is 1. The van der Waals surface area contributed by atoms with Gasteiger partial charge in [0.05, 0.1) is 12.9 Å². The molecule has 1 atom stereocenters. The highest BCUT2D eigenvalue weighted by molar-refractivity contribution is 5.89. The highest BCUT2D eigenvalue weighted by Crippen LogP contribution is 2.20. The van der Waals surface area contributed by atoms with E-state index in [1.165, 1.54) is 0 Å². The Morgan fingerprint density at radius 2 is 2.48 bits per heavy atom. The molecule has 1 aromatic heterocycles. The molecule has 3 N–H and O–H groups in total. The van der Waals surface area contributed by atoms with Gasteiger partial charge < -0.3 is 15.8 Å². The first-order chi connectivity index (χ1) is 10.2. The quantitative estimate of drug-likeness (QED) is 0.804. The molecular formula is C13H16N6O2. The van der Waals surface area contributed by atoms with Gasteiger partial charge >= 0.3 is 0 Å². The Morgan fingerprint density at radius 1 is 1.57 bits per heavy atom. The van der Waals surface area contributed by atoms with Crippen molar-refractivity contribution < 1.29 is 9.53 Å². The molecule has 2 aliphatic rings. The second kappa shape index (κ2) is 5.88. The molecule has 3 rings (SSSR count). The summed E-state index contributed by atoms with van der Waals surface area (Å²) >= 11 is 0. The normalized spacial score (nSPS) is 21.0. The van der Waals surface area contributed by atoms with Gasteiger partial charge in [-0.2, -0.15) is 0 Å². The average molecular weight is 288 g/mol. The number of rotatable bonds is 4. The van der Waals surface area contributed by atoms with E-state index in [4.69, 9.17) is 10.5 Å². The number of carbonyl (C=O) groups is 1. The molecule has 0 aromatic carbocycles. The van der Waals surface area contributed by atoms with Crippen LogP contribution in [0.15, 0.2) is 23.5 Å². The monoisotopic (exact) mass is 288 g/mol. The van der Waals surface area contributed by atoms with Crippen molar-refractivity contribution in [1.82, 2.24) is 20.1 Å². The van der Waals surface area contributed by atoms with Crippen LogP contribution >= 0.6 is 0 Å². The van der Waals surface area contributed by atoms with Crippen molar-refractivity contribution in [1.29, 1.82) is 0 Å². The fourth-order valence-corrected chi connectivity index (χ4v) is 2.28. The van der Waals surface area contributed by atoms with Crippen molar-refractivity contribution >= 4 is 17.8 Å². The fourth-order valence-electron chi connectivity index (χ4n) is 2.28. The number of carbonyl (C=O) groups excluding carboxylic acids is 1. The van der Waals surface area contributed by atoms with Gasteiger partial charge in [-0.3, -0.25) is 4.79 Å². The van der Waals surface area contributed by atoms with Crippen LogP contribution in [0.25, 0.3) is 5.57 Å². The highest BCUT2D eigenvalue weighted by Gasteiger charge is 2.22. The number of primary amides is 1. The Bertz CT molecular complexity index is 625. The predicted molar refractivity (Wildman–Crippen MR) is 76.2 cm³/mol. The zero-order valence-corrected chi connectivity index (χ0v) is 11.4. The zero-order chi connectivity index (χ0) is 14.7. The fraction of sp³-hybridized carbons (Fsp3) is 0.385. The molecule has 21 heavy (non-hydrogen) atoms. The van der Waals surface area contributed by atoms with E-state index in [1.54, 1.807) is 23.4 Å². The number of hydrogen-bond acceptors (Lipinski definition) is 6. The average Bonchev–Trinajstić information content (AvgIpc) is 3.04. The van der Waals surface area contributed by atoms with E-state index in [0.29, 0.717) is 24.9 Å². The number of amides is 1. The third-order valence-electron chi connectivity index (χ3n) is 3.33. The maximum atomic E-state index is 11.3. The molecule has 0 bridgehead atoms. The number of aliphatic imine (C=N–C) groups is 1. The Morgan fingerprint density at radius 3 is 3.24 bits per heavy atom. The number of nitrogens with zero attached hydrogens (tertiary/aromatic N) is 4. The maximum Gasteiger partial charge on any atom is 0.288 e. The zero-order valence-electron chi connectivity index (χ0n) is 11.4. The Labute approximate surface area is 121 Å². The highest BCUT2D eigenvalue weighted by atomic mass is 16.5. The molecule has 1 saturated heterocycles. The van der Waals surface area contributed by atoms with Crippen molar-refractivity contribution in [3.05, 3.63) is 30.1 Å². The second-order valence-corrected chi connectivity index (χ2v) is 4.90. The van der Waals surface area contributed by atoms with E-state index >= 15 is 0 Å². The molecular weight excluding hydrogens is 272 g/mol. The predicted octanol–water partition coefficient (Wildman–Crippen LogP) is -0.100. The van der Waals surface area contributed by atoms with Gasteiger partial charge in [0.2, 0.25) is 5.82 Å². The van der Waals surface area contributed by atoms with Crippen molar-refractivity contribution in [2.24, 2.45) is 16.6 Å². The molecule has 1 aromatic rings. The SMILES string of the molecule is NC(=O)c1nc(C2=CN=CNC=C2)n(CC2CCOC2)n1. The summed E-state index contributed by atoms with van der Waals surface area (Å²) in [6.07, 6.45) is 7.75. The molecule has 1 amide bonds. The molecule has 110 valence electrons. The van der Waals surface area contributed by atoms with Crippen LogP contribution in [0, 0.1) is 5.92 Å². The van der Waals surface area contributed by atoms with E-state index in [2.05, 4.69) is 20.4 Å². The van der Waals surface area contributed by atoms with Crippen LogP contribution in [0.1, 0.15) is 22.9 Å². The van der Waals surface area contributed by atoms with Crippen molar-refractivity contribution in [2.45, 2.75) is 13.0 Å². The van der Waals surface area contributed by atoms with Gasteiger partial charge in [-0.25, -0.2) is 14.7 Å². The van der Waals surface area contributed by atoms with Crippen molar-refractivity contribution in [2.75, 3.05) is 13.2 Å². The third-order valence-corrected chi connectivity index (χ3v) is 3.33. The van der Waals surface area contributed by atoms with Crippen LogP contribution in [0.4, 0.5) is 0 Å². The first-order valence-electron chi connectivity index (χ1n) is 6.71. The van der Waals surface area contributed by atoms with Gasteiger partial charge in [-0.1, -0.05) is 0 Å². The molecule has 0 radical (unpaired) electrons. The summed E-state index contributed by atoms with van der Waals surface area (Å²) in [6.45, 7) is 2.09. The van der Waals surface area contributed by atoms with Crippen LogP contribution in [0.2, 0.25) is 0 Å². The minimum absolute atomic E-state index is 0.0133. The lowest BCUT2D eigenvalue weighted by molar-refractivity contribution is 0.0990. The van der Waals surface area contributed by atoms with Gasteiger partial charge in [-0.15, -0.1) is 5.10 Å². The van der Waals surface area contributed by atoms with E-state index in [0.717, 1.165) is 18.6 Å². The lowest BCUT2D eigenvalue weighted by Crippen LogP contribution is -2.16. The lowest BCUT2D eigenvalue weighted by atomic mass is 10.1. The van der Waals surface area contributed by atoms with Crippen LogP contribution in [-0.2, 0) is 11.3 Å². The van der Waals surface area contributed by atoms with E-state index in [9.17, 15) is 4.79 Å². The Kier molecular flexibility index (Phi) is 3.78. The summed E-state index contributed by atoms with van der Waals surface area (Å²) in [7, 11) is 0. The first kappa shape index (κ1) is 13.5. The van der Waals surface area contributed by atoms with Gasteiger partial charge in [0.1, 0.15) is 0 Å². The molecule has 3 heterocycles. The Balaban J connectivity index is 1.94. The number of aromatic nitrogens is 3. The van der Waals surface area contributed by atoms with E-state index in [1.807, 2.05) is 6.08 Å². The molecule has 8 nitrogen and oxygen atoms in total. The second-order valence-electron chi connectivity index (χ2n) is 4.90. The minimum Gasteiger partial charge on any atom is -0.381 e. The molecule has 0 aliphatic carbocycles. The Hall–Kier alpha value is -2.48. The van der Waals surface area contributed by atoms with Crippen molar-refractivity contribution in [3.8, 4) is 0 Å². The van der Waals surface area contributed by atoms with E-state index < -0.39 is 5.91 Å². The molecule has 1 unspecified atom stereocenters. The van der Waals surface area contributed by atoms with Crippen LogP contribution < -0.4 is 11.1 Å². The summed E-state index contributed by atoms with van der Waals surface area (Å²) in [5, 5.41) is 7.08. The van der Waals surface area contributed by atoms with Crippen molar-refractivity contribution in [3.63, 3.8) is 0 Å². The maximum absolute atomic E-state index is 11.3. The lowest BCUT2D eigenvalue weighted by Gasteiger charge is -2.10. The van der Waals surface area contributed by atoms with Gasteiger partial charge in [0.15, 0.2) is 5.82 Å². The molecule has 0 spiro atoms. The summed E-state index contributed by atoms with van der Waals surface area (Å²) in [5.74, 6) is 0.313. The number of nitrogens with two attached hydrogens (primary N) is 1. The summed E-state index contributed by atoms with van der Waals surface area (Å²) in [5.41, 5.74) is 6.04. The first-order valence-corrected chi connectivity index (χ1v) is 6.71. The summed E-state index contributed by atoms with van der Waals surface area (Å²) in [4.78, 5) is 19.6. The van der Waals surface area contributed by atoms with Crippen LogP contribution in [0.5, 0.6) is 0 Å². The standard InChI is InChI=1S/C13H16N6O2/c14-11(20)12-17-13(10-1-3-15-8-16-5-10)19(18-12)6-9-2-4-21-7-9/h1,3,5,8-9H,2,4,6-7H2,(H2,14,20)(H,15,16). The topological polar surface area (TPSA) is 107 Å². The third kappa shape index (κ3) is 3.00. The largest absolute Gasteiger partial charge is 0.381 e. The summed E-state index contributed by atoms with van der Waals surface area (Å²) in [6, 6.07) is 0. The number of hydrogen-bond donors (Lipinski definition) is 2. The molecule has 8 heteroatoms. The molecule has 0 saturated carbocycles. The minimum atomic E-state index is -0.641. The smallest absolute Gasteiger partial charge is 0.288 e. The number of nitrogens with one attached hydrogen (secondary N) is 1.